The van der Waals surface area contributed by atoms with E-state index in [4.69, 9.17) is 0 Å². The van der Waals surface area contributed by atoms with Crippen molar-refractivity contribution in [1.29, 1.82) is 0 Å². The van der Waals surface area contributed by atoms with Gasteiger partial charge in [0.2, 0.25) is 0 Å². The average molecular weight is 168 g/mol. The first-order valence-corrected chi connectivity index (χ1v) is 4.90. The Morgan fingerprint density at radius 1 is 1.27 bits per heavy atom. The van der Waals surface area contributed by atoms with Gasteiger partial charge in [0.25, 0.3) is 0 Å². The molecule has 0 aliphatic heterocycles. The van der Waals surface area contributed by atoms with Crippen LogP contribution in [-0.4, -0.2) is 6.26 Å². The Labute approximate surface area is 74.1 Å². The fourth-order valence-corrected chi connectivity index (χ4v) is 0.665. The summed E-state index contributed by atoms with van der Waals surface area (Å²) in [5.74, 6) is 0.529. The van der Waals surface area contributed by atoms with Crippen LogP contribution in [0.5, 0.6) is 0 Å². The molecule has 1 heteroatoms. The third kappa shape index (κ3) is 4.91. The predicted molar refractivity (Wildman–Crippen MR) is 55.8 cm³/mol. The fourth-order valence-electron chi connectivity index (χ4n) is 0.460. The molecular weight excluding hydrogens is 152 g/mol. The minimum atomic E-state index is 0.529. The standard InChI is InChI=1S/C10H16S/c1-8(2)9(3)6-7-10(4)11-5/h6-8H,3-4H2,1-2,5H3/b7-6-. The Kier molecular flexibility index (Phi) is 5.05. The average Bonchev–Trinajstić information content (AvgIpc) is 1.99. The number of thioether (sulfide) groups is 1. The Balaban J connectivity index is 3.93. The Hall–Kier alpha value is -0.430. The second-order valence-electron chi connectivity index (χ2n) is 2.73. The summed E-state index contributed by atoms with van der Waals surface area (Å²) in [6.45, 7) is 12.0. The predicted octanol–water partition coefficient (Wildman–Crippen LogP) is 3.63. The first-order chi connectivity index (χ1) is 5.07. The molecule has 62 valence electrons. The summed E-state index contributed by atoms with van der Waals surface area (Å²) in [4.78, 5) is 1.08. The van der Waals surface area contributed by atoms with E-state index in [1.807, 2.05) is 18.4 Å². The van der Waals surface area contributed by atoms with Crippen molar-refractivity contribution in [2.24, 2.45) is 5.92 Å². The third-order valence-corrected chi connectivity index (χ3v) is 2.15. The molecule has 11 heavy (non-hydrogen) atoms. The van der Waals surface area contributed by atoms with E-state index < -0.39 is 0 Å². The number of rotatable bonds is 4. The molecule has 0 spiro atoms. The number of hydrogen-bond donors (Lipinski definition) is 0. The molecule has 0 aromatic rings. The van der Waals surface area contributed by atoms with Crippen LogP contribution in [0.25, 0.3) is 0 Å². The van der Waals surface area contributed by atoms with Crippen LogP contribution >= 0.6 is 11.8 Å². The lowest BCUT2D eigenvalue weighted by molar-refractivity contribution is 0.795. The van der Waals surface area contributed by atoms with Crippen molar-refractivity contribution in [2.75, 3.05) is 6.26 Å². The molecule has 0 N–H and O–H groups in total. The highest BCUT2D eigenvalue weighted by Crippen LogP contribution is 2.13. The molecule has 0 fully saturated rings. The van der Waals surface area contributed by atoms with Crippen LogP contribution in [0.3, 0.4) is 0 Å². The molecule has 0 saturated heterocycles. The third-order valence-electron chi connectivity index (χ3n) is 1.49. The lowest BCUT2D eigenvalue weighted by atomic mass is 10.1. The van der Waals surface area contributed by atoms with Gasteiger partial charge in [-0.05, 0) is 23.2 Å². The molecule has 0 rings (SSSR count). The molecule has 0 bridgehead atoms. The van der Waals surface area contributed by atoms with Gasteiger partial charge in [-0.3, -0.25) is 0 Å². The van der Waals surface area contributed by atoms with E-state index in [9.17, 15) is 0 Å². The fraction of sp³-hybridized carbons (Fsp3) is 0.400. The minimum absolute atomic E-state index is 0.529. The van der Waals surface area contributed by atoms with Crippen molar-refractivity contribution < 1.29 is 0 Å². The van der Waals surface area contributed by atoms with Crippen molar-refractivity contribution >= 4 is 11.8 Å². The summed E-state index contributed by atoms with van der Waals surface area (Å²) in [7, 11) is 0. The quantitative estimate of drug-likeness (QED) is 0.578. The summed E-state index contributed by atoms with van der Waals surface area (Å²) >= 11 is 1.66. The maximum absolute atomic E-state index is 3.92. The molecular formula is C10H16S. The van der Waals surface area contributed by atoms with E-state index in [2.05, 4.69) is 27.0 Å². The van der Waals surface area contributed by atoms with Crippen LogP contribution in [0, 0.1) is 5.92 Å². The van der Waals surface area contributed by atoms with Crippen molar-refractivity contribution in [3.05, 3.63) is 35.8 Å². The second-order valence-corrected chi connectivity index (χ2v) is 3.67. The normalized spacial score (nSPS) is 10.9. The summed E-state index contributed by atoms with van der Waals surface area (Å²) < 4.78 is 0. The maximum atomic E-state index is 3.92. The first-order valence-electron chi connectivity index (χ1n) is 3.67. The van der Waals surface area contributed by atoms with E-state index in [1.165, 1.54) is 0 Å². The first kappa shape index (κ1) is 10.6. The summed E-state index contributed by atoms with van der Waals surface area (Å²) in [5, 5.41) is 0. The van der Waals surface area contributed by atoms with E-state index in [1.54, 1.807) is 11.8 Å². The zero-order chi connectivity index (χ0) is 8.85. The molecule has 0 heterocycles. The molecule has 0 radical (unpaired) electrons. The van der Waals surface area contributed by atoms with Gasteiger partial charge in [0.15, 0.2) is 0 Å². The van der Waals surface area contributed by atoms with Crippen LogP contribution in [-0.2, 0) is 0 Å². The van der Waals surface area contributed by atoms with Gasteiger partial charge in [0, 0.05) is 0 Å². The smallest absolute Gasteiger partial charge is 0.000275 e. The molecule has 0 amide bonds. The SMILES string of the molecule is C=C(/C=C\C(=C)C(C)C)SC. The molecule has 0 nitrogen and oxygen atoms in total. The second kappa shape index (κ2) is 5.25. The lowest BCUT2D eigenvalue weighted by Crippen LogP contribution is -1.86. The molecule has 0 atom stereocenters. The van der Waals surface area contributed by atoms with Gasteiger partial charge in [0.05, 0.1) is 0 Å². The summed E-state index contributed by atoms with van der Waals surface area (Å²) in [6.07, 6.45) is 6.06. The summed E-state index contributed by atoms with van der Waals surface area (Å²) in [6, 6.07) is 0. The highest BCUT2D eigenvalue weighted by Gasteiger charge is 1.93. The summed E-state index contributed by atoms with van der Waals surface area (Å²) in [5.41, 5.74) is 1.15. The monoisotopic (exact) mass is 168 g/mol. The van der Waals surface area contributed by atoms with E-state index >= 15 is 0 Å². The van der Waals surface area contributed by atoms with Crippen LogP contribution < -0.4 is 0 Å². The minimum Gasteiger partial charge on any atom is -0.130 e. The Morgan fingerprint density at radius 3 is 2.18 bits per heavy atom. The Bertz CT molecular complexity index is 175. The zero-order valence-corrected chi connectivity index (χ0v) is 8.37. The van der Waals surface area contributed by atoms with E-state index in [-0.39, 0.29) is 0 Å². The van der Waals surface area contributed by atoms with Gasteiger partial charge < -0.3 is 0 Å². The molecule has 0 aliphatic rings. The van der Waals surface area contributed by atoms with Gasteiger partial charge in [-0.15, -0.1) is 11.8 Å². The van der Waals surface area contributed by atoms with Gasteiger partial charge in [-0.25, -0.2) is 0 Å². The van der Waals surface area contributed by atoms with Gasteiger partial charge in [0.1, 0.15) is 0 Å². The van der Waals surface area contributed by atoms with E-state index in [0.717, 1.165) is 10.5 Å². The van der Waals surface area contributed by atoms with Crippen LogP contribution in [0.15, 0.2) is 35.8 Å². The zero-order valence-electron chi connectivity index (χ0n) is 7.55. The van der Waals surface area contributed by atoms with Gasteiger partial charge in [-0.1, -0.05) is 38.7 Å². The maximum Gasteiger partial charge on any atom is -0.000275 e. The highest BCUT2D eigenvalue weighted by molar-refractivity contribution is 8.02. The van der Waals surface area contributed by atoms with Crippen LogP contribution in [0.2, 0.25) is 0 Å². The Morgan fingerprint density at radius 2 is 1.82 bits per heavy atom. The van der Waals surface area contributed by atoms with Crippen LogP contribution in [0.1, 0.15) is 13.8 Å². The molecule has 0 aromatic heterocycles. The van der Waals surface area contributed by atoms with Crippen molar-refractivity contribution in [3.8, 4) is 0 Å². The molecule has 0 aromatic carbocycles. The van der Waals surface area contributed by atoms with Crippen molar-refractivity contribution in [3.63, 3.8) is 0 Å². The number of allylic oxidation sites excluding steroid dienone is 3. The van der Waals surface area contributed by atoms with Crippen LogP contribution in [0.4, 0.5) is 0 Å². The van der Waals surface area contributed by atoms with Crippen molar-refractivity contribution in [2.45, 2.75) is 13.8 Å². The van der Waals surface area contributed by atoms with E-state index in [0.29, 0.717) is 5.92 Å². The molecule has 0 saturated carbocycles. The highest BCUT2D eigenvalue weighted by atomic mass is 32.2. The molecule has 0 aliphatic carbocycles. The molecule has 0 unspecified atom stereocenters. The largest absolute Gasteiger partial charge is 0.130 e. The van der Waals surface area contributed by atoms with Gasteiger partial charge >= 0.3 is 0 Å². The number of hydrogen-bond acceptors (Lipinski definition) is 1. The van der Waals surface area contributed by atoms with Crippen molar-refractivity contribution in [1.82, 2.24) is 0 Å². The topological polar surface area (TPSA) is 0 Å². The lowest BCUT2D eigenvalue weighted by Gasteiger charge is -2.02. The van der Waals surface area contributed by atoms with Gasteiger partial charge in [-0.2, -0.15) is 0 Å².